The minimum absolute atomic E-state index is 0.510. The van der Waals surface area contributed by atoms with E-state index in [1.165, 1.54) is 25.1 Å². The molecule has 0 radical (unpaired) electrons. The number of halogens is 1. The van der Waals surface area contributed by atoms with E-state index in [4.69, 9.17) is 0 Å². The lowest BCUT2D eigenvalue weighted by molar-refractivity contribution is 0.589. The van der Waals surface area contributed by atoms with Crippen LogP contribution in [0.25, 0.3) is 10.9 Å². The number of hydrogen-bond donors (Lipinski definition) is 1. The fourth-order valence-electron chi connectivity index (χ4n) is 2.40. The highest BCUT2D eigenvalue weighted by atomic mass is 79.9. The second-order valence-corrected chi connectivity index (χ2v) is 8.13. The number of rotatable bonds is 5. The van der Waals surface area contributed by atoms with Crippen LogP contribution in [-0.4, -0.2) is 10.6 Å². The molecule has 21 heavy (non-hydrogen) atoms. The Hall–Kier alpha value is -1.10. The smallest absolute Gasteiger partial charge is 0.0702 e. The molecule has 0 atom stereocenters. The van der Waals surface area contributed by atoms with Crippen molar-refractivity contribution in [3.63, 3.8) is 0 Å². The van der Waals surface area contributed by atoms with Crippen LogP contribution in [0.1, 0.15) is 24.3 Å². The van der Waals surface area contributed by atoms with Crippen LogP contribution in [0, 0.1) is 0 Å². The zero-order valence-corrected chi connectivity index (χ0v) is 14.7. The van der Waals surface area contributed by atoms with Gasteiger partial charge in [-0.2, -0.15) is 0 Å². The highest BCUT2D eigenvalue weighted by molar-refractivity contribution is 9.11. The summed E-state index contributed by atoms with van der Waals surface area (Å²) >= 11 is 5.33. The first-order valence-corrected chi connectivity index (χ1v) is 8.78. The molecule has 0 saturated carbocycles. The fourth-order valence-corrected chi connectivity index (χ4v) is 3.89. The van der Waals surface area contributed by atoms with Gasteiger partial charge in [-0.1, -0.05) is 26.0 Å². The van der Waals surface area contributed by atoms with Crippen LogP contribution < -0.4 is 5.32 Å². The van der Waals surface area contributed by atoms with Gasteiger partial charge in [0.05, 0.1) is 10.3 Å². The summed E-state index contributed by atoms with van der Waals surface area (Å²) in [4.78, 5) is 1.37. The Morgan fingerprint density at radius 2 is 2.05 bits per heavy atom. The summed E-state index contributed by atoms with van der Waals surface area (Å²) in [5.74, 6) is 0. The van der Waals surface area contributed by atoms with Gasteiger partial charge >= 0.3 is 0 Å². The third-order valence-corrected chi connectivity index (χ3v) is 5.12. The minimum Gasteiger partial charge on any atom is -0.342 e. The Morgan fingerprint density at radius 1 is 1.19 bits per heavy atom. The third kappa shape index (κ3) is 3.57. The quantitative estimate of drug-likeness (QED) is 0.674. The maximum absolute atomic E-state index is 3.53. The normalized spacial score (nSPS) is 11.6. The molecule has 0 amide bonds. The van der Waals surface area contributed by atoms with E-state index >= 15 is 0 Å². The molecule has 0 aliphatic rings. The molecule has 0 aliphatic heterocycles. The average molecular weight is 363 g/mol. The Labute approximate surface area is 137 Å². The predicted octanol–water partition coefficient (Wildman–Crippen LogP) is 5.01. The van der Waals surface area contributed by atoms with Crippen molar-refractivity contribution in [2.24, 2.45) is 0 Å². The van der Waals surface area contributed by atoms with E-state index in [1.807, 2.05) is 0 Å². The first-order chi connectivity index (χ1) is 10.1. The van der Waals surface area contributed by atoms with Crippen molar-refractivity contribution >= 4 is 38.2 Å². The van der Waals surface area contributed by atoms with Gasteiger partial charge < -0.3 is 9.88 Å². The zero-order chi connectivity index (χ0) is 14.8. The van der Waals surface area contributed by atoms with E-state index < -0.39 is 0 Å². The van der Waals surface area contributed by atoms with Crippen LogP contribution >= 0.6 is 27.3 Å². The molecular formula is C17H19BrN2S. The topological polar surface area (TPSA) is 17.0 Å². The SMILES string of the molecule is CC(C)NCc1ccc2ccn(Cc3ccc(Br)s3)c2c1. The predicted molar refractivity (Wildman–Crippen MR) is 95.0 cm³/mol. The molecule has 0 bridgehead atoms. The summed E-state index contributed by atoms with van der Waals surface area (Å²) < 4.78 is 3.52. The molecule has 0 unspecified atom stereocenters. The van der Waals surface area contributed by atoms with Crippen LogP contribution in [0.3, 0.4) is 0 Å². The second-order valence-electron chi connectivity index (χ2n) is 5.58. The maximum atomic E-state index is 3.53. The van der Waals surface area contributed by atoms with E-state index in [2.05, 4.69) is 82.3 Å². The van der Waals surface area contributed by atoms with Crippen molar-refractivity contribution in [3.8, 4) is 0 Å². The van der Waals surface area contributed by atoms with Gasteiger partial charge in [0.1, 0.15) is 0 Å². The molecule has 1 N–H and O–H groups in total. The Balaban J connectivity index is 1.86. The molecule has 0 saturated heterocycles. The standard InChI is InChI=1S/C17H19BrN2S/c1-12(2)19-10-13-3-4-14-7-8-20(16(14)9-13)11-15-5-6-17(18)21-15/h3-9,12,19H,10-11H2,1-2H3. The highest BCUT2D eigenvalue weighted by Gasteiger charge is 2.05. The van der Waals surface area contributed by atoms with Crippen molar-refractivity contribution in [3.05, 3.63) is 56.8 Å². The Morgan fingerprint density at radius 3 is 2.76 bits per heavy atom. The lowest BCUT2D eigenvalue weighted by atomic mass is 10.1. The monoisotopic (exact) mass is 362 g/mol. The van der Waals surface area contributed by atoms with Gasteiger partial charge in [-0.3, -0.25) is 0 Å². The van der Waals surface area contributed by atoms with Gasteiger partial charge in [0, 0.05) is 29.2 Å². The molecule has 0 aliphatic carbocycles. The van der Waals surface area contributed by atoms with Crippen LogP contribution in [0.4, 0.5) is 0 Å². The van der Waals surface area contributed by atoms with Gasteiger partial charge in [0.25, 0.3) is 0 Å². The van der Waals surface area contributed by atoms with Crippen molar-refractivity contribution in [2.75, 3.05) is 0 Å². The van der Waals surface area contributed by atoms with E-state index in [9.17, 15) is 0 Å². The summed E-state index contributed by atoms with van der Waals surface area (Å²) in [6, 6.07) is 13.7. The molecule has 4 heteroatoms. The van der Waals surface area contributed by atoms with Gasteiger partial charge in [0.2, 0.25) is 0 Å². The van der Waals surface area contributed by atoms with E-state index in [0.717, 1.165) is 13.1 Å². The lowest BCUT2D eigenvalue weighted by Gasteiger charge is -2.09. The van der Waals surface area contributed by atoms with Gasteiger partial charge in [0.15, 0.2) is 0 Å². The number of nitrogens with one attached hydrogen (secondary N) is 1. The Bertz CT molecular complexity index is 742. The molecule has 0 spiro atoms. The number of aromatic nitrogens is 1. The Kier molecular flexibility index (Phi) is 4.48. The van der Waals surface area contributed by atoms with Gasteiger partial charge in [-0.15, -0.1) is 11.3 Å². The molecule has 0 fully saturated rings. The molecule has 3 rings (SSSR count). The fraction of sp³-hybridized carbons (Fsp3) is 0.294. The summed E-state index contributed by atoms with van der Waals surface area (Å²) in [6.45, 7) is 6.20. The van der Waals surface area contributed by atoms with Crippen molar-refractivity contribution < 1.29 is 0 Å². The number of benzene rings is 1. The van der Waals surface area contributed by atoms with Crippen LogP contribution in [-0.2, 0) is 13.1 Å². The van der Waals surface area contributed by atoms with Gasteiger partial charge in [-0.05, 0) is 51.1 Å². The summed E-state index contributed by atoms with van der Waals surface area (Å²) in [5, 5.41) is 4.78. The third-order valence-electron chi connectivity index (χ3n) is 3.51. The molecule has 2 nitrogen and oxygen atoms in total. The van der Waals surface area contributed by atoms with Crippen molar-refractivity contribution in [1.82, 2.24) is 9.88 Å². The van der Waals surface area contributed by atoms with E-state index in [1.54, 1.807) is 11.3 Å². The van der Waals surface area contributed by atoms with E-state index in [-0.39, 0.29) is 0 Å². The molecule has 2 aromatic heterocycles. The van der Waals surface area contributed by atoms with Crippen LogP contribution in [0.2, 0.25) is 0 Å². The van der Waals surface area contributed by atoms with Crippen LogP contribution in [0.5, 0.6) is 0 Å². The van der Waals surface area contributed by atoms with Gasteiger partial charge in [-0.25, -0.2) is 0 Å². The summed E-state index contributed by atoms with van der Waals surface area (Å²) in [7, 11) is 0. The van der Waals surface area contributed by atoms with Crippen molar-refractivity contribution in [1.29, 1.82) is 0 Å². The number of nitrogens with zero attached hydrogens (tertiary/aromatic N) is 1. The number of fused-ring (bicyclic) bond motifs is 1. The van der Waals surface area contributed by atoms with E-state index in [0.29, 0.717) is 6.04 Å². The maximum Gasteiger partial charge on any atom is 0.0702 e. The number of thiophene rings is 1. The van der Waals surface area contributed by atoms with Crippen molar-refractivity contribution in [2.45, 2.75) is 33.0 Å². The molecule has 2 heterocycles. The molecule has 1 aromatic carbocycles. The molecule has 3 aromatic rings. The second kappa shape index (κ2) is 6.34. The largest absolute Gasteiger partial charge is 0.342 e. The minimum atomic E-state index is 0.510. The number of hydrogen-bond acceptors (Lipinski definition) is 2. The first-order valence-electron chi connectivity index (χ1n) is 7.17. The lowest BCUT2D eigenvalue weighted by Crippen LogP contribution is -2.21. The first kappa shape index (κ1) is 14.8. The molecular weight excluding hydrogens is 344 g/mol. The summed E-state index contributed by atoms with van der Waals surface area (Å²) in [6.07, 6.45) is 2.18. The summed E-state index contributed by atoms with van der Waals surface area (Å²) in [5.41, 5.74) is 2.64. The van der Waals surface area contributed by atoms with Crippen LogP contribution in [0.15, 0.2) is 46.4 Å². The molecule has 110 valence electrons. The highest BCUT2D eigenvalue weighted by Crippen LogP contribution is 2.25. The average Bonchev–Trinajstić information content (AvgIpc) is 3.04. The zero-order valence-electron chi connectivity index (χ0n) is 12.3.